The number of rotatable bonds is 8. The van der Waals surface area contributed by atoms with E-state index >= 15 is 0 Å². The van der Waals surface area contributed by atoms with Crippen LogP contribution in [0.1, 0.15) is 19.4 Å². The number of likely N-dealkylation sites (N-methyl/N-ethyl adjacent to an activating group) is 1. The molecular weight excluding hydrogens is 322 g/mol. The quantitative estimate of drug-likeness (QED) is 0.690. The summed E-state index contributed by atoms with van der Waals surface area (Å²) in [5.74, 6) is -1.05. The Balaban J connectivity index is 2.38. The minimum atomic E-state index is -0.731. The zero-order valence-electron chi connectivity index (χ0n) is 15.2. The Labute approximate surface area is 148 Å². The van der Waals surface area contributed by atoms with E-state index in [1.165, 1.54) is 12.0 Å². The van der Waals surface area contributed by atoms with E-state index in [4.69, 9.17) is 0 Å². The van der Waals surface area contributed by atoms with Crippen LogP contribution in [0.3, 0.4) is 0 Å². The van der Waals surface area contributed by atoms with Crippen molar-refractivity contribution in [2.24, 2.45) is 5.92 Å². The van der Waals surface area contributed by atoms with E-state index in [-0.39, 0.29) is 18.5 Å². The van der Waals surface area contributed by atoms with Crippen LogP contribution in [-0.2, 0) is 20.7 Å². The molecule has 0 saturated heterocycles. The van der Waals surface area contributed by atoms with Gasteiger partial charge in [-0.15, -0.1) is 0 Å². The predicted octanol–water partition coefficient (Wildman–Crippen LogP) is 1.18. The smallest absolute Gasteiger partial charge is 0.328 e. The topological polar surface area (TPSA) is 87.7 Å². The lowest BCUT2D eigenvalue weighted by molar-refractivity contribution is -0.146. The molecule has 1 aromatic carbocycles. The Morgan fingerprint density at radius 2 is 1.80 bits per heavy atom. The van der Waals surface area contributed by atoms with E-state index in [0.29, 0.717) is 6.54 Å². The lowest BCUT2D eigenvalue weighted by Crippen LogP contribution is -2.49. The Morgan fingerprint density at radius 1 is 1.16 bits per heavy atom. The first-order chi connectivity index (χ1) is 11.8. The molecular formula is C18H27N3O4. The lowest BCUT2D eigenvalue weighted by Gasteiger charge is -2.21. The number of amides is 3. The molecule has 0 bridgehead atoms. The number of hydrogen-bond donors (Lipinski definition) is 2. The van der Waals surface area contributed by atoms with Gasteiger partial charge in [-0.2, -0.15) is 0 Å². The zero-order chi connectivity index (χ0) is 18.8. The fourth-order valence-corrected chi connectivity index (χ4v) is 2.18. The summed E-state index contributed by atoms with van der Waals surface area (Å²) in [6.45, 7) is 3.94. The highest BCUT2D eigenvalue weighted by molar-refractivity contribution is 5.88. The van der Waals surface area contributed by atoms with Crippen LogP contribution >= 0.6 is 0 Å². The third-order valence-electron chi connectivity index (χ3n) is 3.76. The van der Waals surface area contributed by atoms with Crippen molar-refractivity contribution < 1.29 is 19.1 Å². The third kappa shape index (κ3) is 7.24. The van der Waals surface area contributed by atoms with Gasteiger partial charge in [0.15, 0.2) is 0 Å². The molecule has 0 aliphatic carbocycles. The summed E-state index contributed by atoms with van der Waals surface area (Å²) in [5.41, 5.74) is 1.14. The summed E-state index contributed by atoms with van der Waals surface area (Å²) in [7, 11) is 2.94. The lowest BCUT2D eigenvalue weighted by atomic mass is 10.0. The average molecular weight is 349 g/mol. The van der Waals surface area contributed by atoms with Crippen LogP contribution in [0.5, 0.6) is 0 Å². The molecule has 0 aliphatic rings. The van der Waals surface area contributed by atoms with Crippen LogP contribution in [0.2, 0.25) is 0 Å². The van der Waals surface area contributed by atoms with Crippen LogP contribution in [0.25, 0.3) is 0 Å². The standard InChI is InChI=1S/C18H27N3O4/c1-13(2)16(17(23)25-4)20-15(22)12-19-18(24)21(3)11-10-14-8-6-5-7-9-14/h5-9,13,16H,10-12H2,1-4H3,(H,19,24)(H,20,22)/t16-/m1/s1. The maximum atomic E-state index is 12.0. The molecule has 3 amide bonds. The predicted molar refractivity (Wildman–Crippen MR) is 95.0 cm³/mol. The molecule has 1 aromatic rings. The van der Waals surface area contributed by atoms with Gasteiger partial charge in [0.2, 0.25) is 5.91 Å². The number of methoxy groups -OCH3 is 1. The molecule has 25 heavy (non-hydrogen) atoms. The van der Waals surface area contributed by atoms with Gasteiger partial charge in [-0.1, -0.05) is 44.2 Å². The van der Waals surface area contributed by atoms with Crippen LogP contribution in [0, 0.1) is 5.92 Å². The first-order valence-corrected chi connectivity index (χ1v) is 8.25. The summed E-state index contributed by atoms with van der Waals surface area (Å²) in [4.78, 5) is 37.1. The molecule has 138 valence electrons. The number of benzene rings is 1. The molecule has 0 spiro atoms. The van der Waals surface area contributed by atoms with Gasteiger partial charge in [0.05, 0.1) is 13.7 Å². The molecule has 2 N–H and O–H groups in total. The molecule has 7 heteroatoms. The molecule has 0 saturated carbocycles. The Kier molecular flexibility index (Phi) is 8.46. The first-order valence-electron chi connectivity index (χ1n) is 8.25. The van der Waals surface area contributed by atoms with Gasteiger partial charge in [-0.3, -0.25) is 4.79 Å². The Hall–Kier alpha value is -2.57. The van der Waals surface area contributed by atoms with Gasteiger partial charge in [0, 0.05) is 13.6 Å². The highest BCUT2D eigenvalue weighted by Gasteiger charge is 2.25. The number of carbonyl (C=O) groups is 3. The van der Waals surface area contributed by atoms with Crippen molar-refractivity contribution in [3.05, 3.63) is 35.9 Å². The van der Waals surface area contributed by atoms with Crippen molar-refractivity contribution in [3.63, 3.8) is 0 Å². The fraction of sp³-hybridized carbons (Fsp3) is 0.500. The van der Waals surface area contributed by atoms with Gasteiger partial charge < -0.3 is 20.3 Å². The first kappa shape index (κ1) is 20.5. The van der Waals surface area contributed by atoms with Crippen molar-refractivity contribution in [3.8, 4) is 0 Å². The number of ether oxygens (including phenoxy) is 1. The van der Waals surface area contributed by atoms with Gasteiger partial charge in [0.1, 0.15) is 6.04 Å². The summed E-state index contributed by atoms with van der Waals surface area (Å²) in [5, 5.41) is 5.12. The van der Waals surface area contributed by atoms with Crippen molar-refractivity contribution in [1.29, 1.82) is 0 Å². The van der Waals surface area contributed by atoms with Crippen LogP contribution in [0.4, 0.5) is 4.79 Å². The minimum absolute atomic E-state index is 0.111. The SMILES string of the molecule is COC(=O)[C@H](NC(=O)CNC(=O)N(C)CCc1ccccc1)C(C)C. The molecule has 0 aliphatic heterocycles. The van der Waals surface area contributed by atoms with Gasteiger partial charge >= 0.3 is 12.0 Å². The van der Waals surface area contributed by atoms with E-state index in [0.717, 1.165) is 12.0 Å². The molecule has 7 nitrogen and oxygen atoms in total. The van der Waals surface area contributed by atoms with E-state index in [1.54, 1.807) is 20.9 Å². The monoisotopic (exact) mass is 349 g/mol. The normalized spacial score (nSPS) is 11.6. The summed E-state index contributed by atoms with van der Waals surface area (Å²) in [6, 6.07) is 8.77. The summed E-state index contributed by atoms with van der Waals surface area (Å²) < 4.78 is 4.66. The van der Waals surface area contributed by atoms with Gasteiger partial charge in [-0.25, -0.2) is 9.59 Å². The third-order valence-corrected chi connectivity index (χ3v) is 3.76. The number of nitrogens with zero attached hydrogens (tertiary/aromatic N) is 1. The van der Waals surface area contributed by atoms with Crippen molar-refractivity contribution >= 4 is 17.9 Å². The van der Waals surface area contributed by atoms with Gasteiger partial charge in [0.25, 0.3) is 0 Å². The van der Waals surface area contributed by atoms with E-state index < -0.39 is 17.9 Å². The van der Waals surface area contributed by atoms with Crippen molar-refractivity contribution in [2.75, 3.05) is 27.2 Å². The molecule has 0 aromatic heterocycles. The molecule has 0 heterocycles. The highest BCUT2D eigenvalue weighted by atomic mass is 16.5. The molecule has 0 unspecified atom stereocenters. The second kappa shape index (κ2) is 10.3. The summed E-state index contributed by atoms with van der Waals surface area (Å²) in [6.07, 6.45) is 0.731. The molecule has 1 rings (SSSR count). The molecule has 1 atom stereocenters. The Bertz CT molecular complexity index is 575. The van der Waals surface area contributed by atoms with E-state index in [2.05, 4.69) is 15.4 Å². The maximum Gasteiger partial charge on any atom is 0.328 e. The highest BCUT2D eigenvalue weighted by Crippen LogP contribution is 2.03. The number of hydrogen-bond acceptors (Lipinski definition) is 4. The van der Waals surface area contributed by atoms with E-state index in [1.807, 2.05) is 30.3 Å². The largest absolute Gasteiger partial charge is 0.467 e. The zero-order valence-corrected chi connectivity index (χ0v) is 15.2. The number of carbonyl (C=O) groups excluding carboxylic acids is 3. The van der Waals surface area contributed by atoms with Crippen LogP contribution < -0.4 is 10.6 Å². The molecule has 0 radical (unpaired) electrons. The van der Waals surface area contributed by atoms with Gasteiger partial charge in [-0.05, 0) is 17.9 Å². The second-order valence-corrected chi connectivity index (χ2v) is 6.13. The number of urea groups is 1. The van der Waals surface area contributed by atoms with Crippen molar-refractivity contribution in [2.45, 2.75) is 26.3 Å². The minimum Gasteiger partial charge on any atom is -0.467 e. The van der Waals surface area contributed by atoms with Crippen molar-refractivity contribution in [1.82, 2.24) is 15.5 Å². The average Bonchev–Trinajstić information content (AvgIpc) is 2.62. The van der Waals surface area contributed by atoms with Crippen LogP contribution in [0.15, 0.2) is 30.3 Å². The molecule has 0 fully saturated rings. The summed E-state index contributed by atoms with van der Waals surface area (Å²) >= 11 is 0. The second-order valence-electron chi connectivity index (χ2n) is 6.13. The number of esters is 1. The number of nitrogens with one attached hydrogen (secondary N) is 2. The van der Waals surface area contributed by atoms with Crippen LogP contribution in [-0.4, -0.2) is 56.1 Å². The maximum absolute atomic E-state index is 12.0. The Morgan fingerprint density at radius 3 is 2.36 bits per heavy atom. The van der Waals surface area contributed by atoms with E-state index in [9.17, 15) is 14.4 Å². The fourth-order valence-electron chi connectivity index (χ4n) is 2.18.